The average molecular weight is 246 g/mol. The van der Waals surface area contributed by atoms with Gasteiger partial charge in [0.2, 0.25) is 5.91 Å². The monoisotopic (exact) mass is 246 g/mol. The van der Waals surface area contributed by atoms with Crippen molar-refractivity contribution in [1.29, 1.82) is 5.26 Å². The van der Waals surface area contributed by atoms with Crippen LogP contribution in [0.2, 0.25) is 0 Å². The Kier molecular flexibility index (Phi) is 5.00. The lowest BCUT2D eigenvalue weighted by atomic mass is 10.1. The van der Waals surface area contributed by atoms with Crippen molar-refractivity contribution in [3.8, 4) is 6.07 Å². The van der Waals surface area contributed by atoms with Crippen molar-refractivity contribution >= 4 is 17.3 Å². The molecule has 0 bridgehead atoms. The molecule has 18 heavy (non-hydrogen) atoms. The second-order valence-electron chi connectivity index (χ2n) is 4.13. The van der Waals surface area contributed by atoms with E-state index in [1.54, 1.807) is 18.2 Å². The van der Waals surface area contributed by atoms with Gasteiger partial charge in [0.25, 0.3) is 0 Å². The number of carbonyl (C=O) groups excluding carboxylic acids is 1. The van der Waals surface area contributed by atoms with Gasteiger partial charge in [-0.1, -0.05) is 13.3 Å². The first-order valence-electron chi connectivity index (χ1n) is 5.91. The van der Waals surface area contributed by atoms with Crippen LogP contribution in [0.4, 0.5) is 11.4 Å². The van der Waals surface area contributed by atoms with Crippen molar-refractivity contribution < 1.29 is 4.79 Å². The minimum Gasteiger partial charge on any atom is -0.397 e. The number of nitrogens with two attached hydrogens (primary N) is 2. The second kappa shape index (κ2) is 6.50. The van der Waals surface area contributed by atoms with E-state index in [2.05, 4.69) is 6.92 Å². The van der Waals surface area contributed by atoms with Crippen LogP contribution in [0.1, 0.15) is 25.3 Å². The molecule has 96 valence electrons. The van der Waals surface area contributed by atoms with Crippen molar-refractivity contribution in [2.75, 3.05) is 23.7 Å². The van der Waals surface area contributed by atoms with Crippen molar-refractivity contribution in [3.05, 3.63) is 23.8 Å². The van der Waals surface area contributed by atoms with E-state index in [0.717, 1.165) is 25.1 Å². The number of anilines is 2. The molecule has 1 rings (SSSR count). The van der Waals surface area contributed by atoms with Crippen molar-refractivity contribution in [3.63, 3.8) is 0 Å². The molecule has 0 aliphatic rings. The van der Waals surface area contributed by atoms with Gasteiger partial charge in [0.1, 0.15) is 0 Å². The highest BCUT2D eigenvalue weighted by molar-refractivity contribution is 5.81. The van der Waals surface area contributed by atoms with Crippen LogP contribution in [0.3, 0.4) is 0 Å². The number of amides is 1. The highest BCUT2D eigenvalue weighted by atomic mass is 16.1. The highest BCUT2D eigenvalue weighted by Gasteiger charge is 2.12. The lowest BCUT2D eigenvalue weighted by Gasteiger charge is -2.24. The lowest BCUT2D eigenvalue weighted by Crippen LogP contribution is -2.35. The van der Waals surface area contributed by atoms with Crippen LogP contribution in [0, 0.1) is 11.3 Å². The van der Waals surface area contributed by atoms with Crippen LogP contribution in [-0.2, 0) is 4.79 Å². The fourth-order valence-corrected chi connectivity index (χ4v) is 1.73. The zero-order valence-electron chi connectivity index (χ0n) is 10.5. The van der Waals surface area contributed by atoms with Crippen LogP contribution in [0.5, 0.6) is 0 Å². The maximum Gasteiger partial charge on any atom is 0.236 e. The Morgan fingerprint density at radius 2 is 2.22 bits per heavy atom. The molecule has 0 fully saturated rings. The van der Waals surface area contributed by atoms with Crippen LogP contribution in [0.25, 0.3) is 0 Å². The van der Waals surface area contributed by atoms with Gasteiger partial charge in [-0.2, -0.15) is 5.26 Å². The van der Waals surface area contributed by atoms with Gasteiger partial charge in [-0.25, -0.2) is 0 Å². The summed E-state index contributed by atoms with van der Waals surface area (Å²) in [6.45, 7) is 2.93. The van der Waals surface area contributed by atoms with Crippen LogP contribution in [0.15, 0.2) is 18.2 Å². The van der Waals surface area contributed by atoms with E-state index in [1.807, 2.05) is 11.0 Å². The van der Waals surface area contributed by atoms with Gasteiger partial charge >= 0.3 is 0 Å². The number of hydrogen-bond donors (Lipinski definition) is 2. The Labute approximate surface area is 107 Å². The van der Waals surface area contributed by atoms with Crippen LogP contribution in [-0.4, -0.2) is 19.0 Å². The summed E-state index contributed by atoms with van der Waals surface area (Å²) in [7, 11) is 0. The smallest absolute Gasteiger partial charge is 0.236 e. The van der Waals surface area contributed by atoms with Gasteiger partial charge in [0.15, 0.2) is 0 Å². The molecule has 0 heterocycles. The third-order valence-corrected chi connectivity index (χ3v) is 2.63. The van der Waals surface area contributed by atoms with E-state index in [4.69, 9.17) is 16.7 Å². The van der Waals surface area contributed by atoms with Crippen molar-refractivity contribution in [2.45, 2.75) is 19.8 Å². The number of hydrogen-bond acceptors (Lipinski definition) is 4. The van der Waals surface area contributed by atoms with Crippen molar-refractivity contribution in [1.82, 2.24) is 0 Å². The predicted octanol–water partition coefficient (Wildman–Crippen LogP) is 1.23. The molecule has 4 N–H and O–H groups in total. The number of primary amides is 1. The summed E-state index contributed by atoms with van der Waals surface area (Å²) < 4.78 is 0. The molecule has 0 radical (unpaired) electrons. The Balaban J connectivity index is 2.97. The number of nitrogens with zero attached hydrogens (tertiary/aromatic N) is 2. The summed E-state index contributed by atoms with van der Waals surface area (Å²) in [6, 6.07) is 7.08. The zero-order valence-corrected chi connectivity index (χ0v) is 10.5. The topological polar surface area (TPSA) is 96.1 Å². The second-order valence-corrected chi connectivity index (χ2v) is 4.13. The fraction of sp³-hybridized carbons (Fsp3) is 0.385. The summed E-state index contributed by atoms with van der Waals surface area (Å²) in [5.74, 6) is -0.394. The van der Waals surface area contributed by atoms with Gasteiger partial charge in [-0.05, 0) is 24.6 Å². The Bertz CT molecular complexity index is 465. The number of carbonyl (C=O) groups is 1. The van der Waals surface area contributed by atoms with Crippen molar-refractivity contribution in [2.24, 2.45) is 5.73 Å². The van der Waals surface area contributed by atoms with E-state index in [-0.39, 0.29) is 6.54 Å². The third-order valence-electron chi connectivity index (χ3n) is 2.63. The van der Waals surface area contributed by atoms with Gasteiger partial charge in [-0.3, -0.25) is 4.79 Å². The van der Waals surface area contributed by atoms with E-state index < -0.39 is 5.91 Å². The molecule has 1 aromatic carbocycles. The SMILES string of the molecule is CCCCN(CC(N)=O)c1ccc(C#N)cc1N. The molecule has 0 atom stereocenters. The minimum atomic E-state index is -0.394. The van der Waals surface area contributed by atoms with E-state index in [0.29, 0.717) is 11.3 Å². The average Bonchev–Trinajstić information content (AvgIpc) is 2.34. The molecule has 0 aliphatic heterocycles. The maximum atomic E-state index is 11.1. The first-order chi connectivity index (χ1) is 8.58. The van der Waals surface area contributed by atoms with Gasteiger partial charge < -0.3 is 16.4 Å². The van der Waals surface area contributed by atoms with E-state index in [1.165, 1.54) is 0 Å². The largest absolute Gasteiger partial charge is 0.397 e. The number of nitrogen functional groups attached to an aromatic ring is 1. The molecular formula is C13H18N4O. The van der Waals surface area contributed by atoms with Gasteiger partial charge in [-0.15, -0.1) is 0 Å². The Morgan fingerprint density at radius 3 is 2.72 bits per heavy atom. The number of unbranched alkanes of at least 4 members (excludes halogenated alkanes) is 1. The summed E-state index contributed by atoms with van der Waals surface area (Å²) in [4.78, 5) is 12.9. The van der Waals surface area contributed by atoms with Crippen LogP contribution >= 0.6 is 0 Å². The number of nitriles is 1. The molecule has 5 heteroatoms. The van der Waals surface area contributed by atoms with Gasteiger partial charge in [0, 0.05) is 6.54 Å². The third kappa shape index (κ3) is 3.67. The molecule has 0 aromatic heterocycles. The quantitative estimate of drug-likeness (QED) is 0.738. The predicted molar refractivity (Wildman–Crippen MR) is 71.9 cm³/mol. The minimum absolute atomic E-state index is 0.135. The molecule has 0 aliphatic carbocycles. The van der Waals surface area contributed by atoms with E-state index >= 15 is 0 Å². The molecule has 1 amide bonds. The molecule has 0 unspecified atom stereocenters. The number of rotatable bonds is 6. The summed E-state index contributed by atoms with van der Waals surface area (Å²) in [5.41, 5.74) is 12.9. The number of benzene rings is 1. The lowest BCUT2D eigenvalue weighted by molar-refractivity contribution is -0.116. The normalized spacial score (nSPS) is 9.78. The fourth-order valence-electron chi connectivity index (χ4n) is 1.73. The van der Waals surface area contributed by atoms with E-state index in [9.17, 15) is 4.79 Å². The standard InChI is InChI=1S/C13H18N4O/c1-2-3-6-17(9-13(16)18)12-5-4-10(8-14)7-11(12)15/h4-5,7H,2-3,6,9,15H2,1H3,(H2,16,18). The van der Waals surface area contributed by atoms with Gasteiger partial charge in [0.05, 0.1) is 29.6 Å². The summed E-state index contributed by atoms with van der Waals surface area (Å²) in [6.07, 6.45) is 1.97. The molecule has 1 aromatic rings. The Morgan fingerprint density at radius 1 is 1.50 bits per heavy atom. The molecular weight excluding hydrogens is 228 g/mol. The molecule has 0 saturated heterocycles. The van der Waals surface area contributed by atoms with Crippen LogP contribution < -0.4 is 16.4 Å². The first kappa shape index (κ1) is 13.8. The summed E-state index contributed by atoms with van der Waals surface area (Å²) >= 11 is 0. The highest BCUT2D eigenvalue weighted by Crippen LogP contribution is 2.24. The zero-order chi connectivity index (χ0) is 13.5. The molecule has 5 nitrogen and oxygen atoms in total. The molecule has 0 spiro atoms. The summed E-state index contributed by atoms with van der Waals surface area (Å²) in [5, 5.41) is 8.79. The maximum absolute atomic E-state index is 11.1. The first-order valence-corrected chi connectivity index (χ1v) is 5.91. The molecule has 0 saturated carbocycles. The Hall–Kier alpha value is -2.22.